The van der Waals surface area contributed by atoms with E-state index in [1.807, 2.05) is 4.90 Å². The van der Waals surface area contributed by atoms with E-state index in [1.54, 1.807) is 36.4 Å². The van der Waals surface area contributed by atoms with Gasteiger partial charge in [0.1, 0.15) is 17.0 Å². The smallest absolute Gasteiger partial charge is 0.262 e. The SMILES string of the molecule is C=CC(=O)Nc1cccc(-c2nc3nc(Nc4ccc(N5CCOCC5)c(F)c4)ncc3c(=O)[nH]2)c1. The number of anilines is 4. The first-order valence-corrected chi connectivity index (χ1v) is 11.2. The first-order chi connectivity index (χ1) is 17.5. The lowest BCUT2D eigenvalue weighted by molar-refractivity contribution is -0.111. The van der Waals surface area contributed by atoms with Gasteiger partial charge >= 0.3 is 0 Å². The molecule has 1 fully saturated rings. The van der Waals surface area contributed by atoms with Crippen molar-refractivity contribution in [3.63, 3.8) is 0 Å². The van der Waals surface area contributed by atoms with Gasteiger partial charge in [-0.15, -0.1) is 0 Å². The van der Waals surface area contributed by atoms with Gasteiger partial charge in [0, 0.05) is 36.2 Å². The van der Waals surface area contributed by atoms with Gasteiger partial charge in [0.2, 0.25) is 11.9 Å². The van der Waals surface area contributed by atoms with Crippen LogP contribution in [0, 0.1) is 5.82 Å². The number of fused-ring (bicyclic) bond motifs is 1. The fourth-order valence-corrected chi connectivity index (χ4v) is 3.84. The van der Waals surface area contributed by atoms with Crippen LogP contribution in [0.2, 0.25) is 0 Å². The summed E-state index contributed by atoms with van der Waals surface area (Å²) in [5.74, 6) is -0.294. The molecule has 3 N–H and O–H groups in total. The van der Waals surface area contributed by atoms with Crippen molar-refractivity contribution in [2.75, 3.05) is 41.8 Å². The molecule has 1 saturated heterocycles. The third-order valence-corrected chi connectivity index (χ3v) is 5.61. The Labute approximate surface area is 204 Å². The lowest BCUT2D eigenvalue weighted by Crippen LogP contribution is -2.36. The minimum absolute atomic E-state index is 0.164. The molecular formula is C25H22FN7O3. The average molecular weight is 487 g/mol. The monoisotopic (exact) mass is 487 g/mol. The lowest BCUT2D eigenvalue weighted by Gasteiger charge is -2.29. The van der Waals surface area contributed by atoms with Gasteiger partial charge in [0.15, 0.2) is 5.65 Å². The number of amides is 1. The molecule has 0 saturated carbocycles. The lowest BCUT2D eigenvalue weighted by atomic mass is 10.2. The number of nitrogens with zero attached hydrogens (tertiary/aromatic N) is 4. The zero-order valence-corrected chi connectivity index (χ0v) is 19.1. The second kappa shape index (κ2) is 9.92. The third kappa shape index (κ3) is 4.91. The van der Waals surface area contributed by atoms with E-state index < -0.39 is 5.56 Å². The normalized spacial score (nSPS) is 13.4. The van der Waals surface area contributed by atoms with Crippen molar-refractivity contribution in [2.45, 2.75) is 0 Å². The second-order valence-corrected chi connectivity index (χ2v) is 8.01. The van der Waals surface area contributed by atoms with E-state index in [1.165, 1.54) is 12.3 Å². The van der Waals surface area contributed by atoms with Gasteiger partial charge < -0.3 is 25.3 Å². The van der Waals surface area contributed by atoms with Crippen molar-refractivity contribution < 1.29 is 13.9 Å². The van der Waals surface area contributed by atoms with Gasteiger partial charge in [-0.25, -0.2) is 14.4 Å². The number of hydrogen-bond acceptors (Lipinski definition) is 8. The van der Waals surface area contributed by atoms with Crippen molar-refractivity contribution >= 4 is 40.0 Å². The number of ether oxygens (including phenoxy) is 1. The summed E-state index contributed by atoms with van der Waals surface area (Å²) >= 11 is 0. The number of halogens is 1. The molecule has 5 rings (SSSR count). The van der Waals surface area contributed by atoms with Crippen molar-refractivity contribution in [3.8, 4) is 11.4 Å². The molecule has 3 heterocycles. The molecule has 10 nitrogen and oxygen atoms in total. The molecule has 0 radical (unpaired) electrons. The van der Waals surface area contributed by atoms with E-state index in [-0.39, 0.29) is 34.5 Å². The number of H-pyrrole nitrogens is 1. The van der Waals surface area contributed by atoms with Crippen molar-refractivity contribution in [3.05, 3.63) is 77.5 Å². The van der Waals surface area contributed by atoms with Gasteiger partial charge in [-0.2, -0.15) is 4.98 Å². The molecule has 11 heteroatoms. The Morgan fingerprint density at radius 2 is 1.97 bits per heavy atom. The predicted octanol–water partition coefficient (Wildman–Crippen LogP) is 3.22. The highest BCUT2D eigenvalue weighted by atomic mass is 19.1. The minimum atomic E-state index is -0.414. The fourth-order valence-electron chi connectivity index (χ4n) is 3.84. The quantitative estimate of drug-likeness (QED) is 0.354. The summed E-state index contributed by atoms with van der Waals surface area (Å²) in [7, 11) is 0. The van der Waals surface area contributed by atoms with Crippen LogP contribution in [0.4, 0.5) is 27.4 Å². The summed E-state index contributed by atoms with van der Waals surface area (Å²) in [6.07, 6.45) is 2.52. The van der Waals surface area contributed by atoms with E-state index in [4.69, 9.17) is 4.74 Å². The van der Waals surface area contributed by atoms with Crippen LogP contribution in [-0.4, -0.2) is 52.1 Å². The van der Waals surface area contributed by atoms with Gasteiger partial charge in [0.05, 0.1) is 18.9 Å². The van der Waals surface area contributed by atoms with Crippen LogP contribution in [0.25, 0.3) is 22.4 Å². The number of aromatic amines is 1. The number of benzene rings is 2. The van der Waals surface area contributed by atoms with Crippen LogP contribution >= 0.6 is 0 Å². The number of carbonyl (C=O) groups excluding carboxylic acids is 1. The van der Waals surface area contributed by atoms with Crippen LogP contribution < -0.4 is 21.1 Å². The first kappa shape index (κ1) is 23.1. The van der Waals surface area contributed by atoms with Crippen molar-refractivity contribution in [2.24, 2.45) is 0 Å². The highest BCUT2D eigenvalue weighted by Crippen LogP contribution is 2.25. The van der Waals surface area contributed by atoms with Crippen LogP contribution in [0.5, 0.6) is 0 Å². The Hall–Kier alpha value is -4.64. The van der Waals surface area contributed by atoms with Crippen LogP contribution in [0.3, 0.4) is 0 Å². The van der Waals surface area contributed by atoms with Crippen LogP contribution in [0.1, 0.15) is 0 Å². The maximum atomic E-state index is 14.8. The summed E-state index contributed by atoms with van der Waals surface area (Å²) in [4.78, 5) is 41.9. The molecule has 182 valence electrons. The van der Waals surface area contributed by atoms with E-state index in [0.29, 0.717) is 48.9 Å². The number of aromatic nitrogens is 4. The van der Waals surface area contributed by atoms with Crippen LogP contribution in [0.15, 0.2) is 66.1 Å². The number of hydrogen-bond donors (Lipinski definition) is 3. The van der Waals surface area contributed by atoms with E-state index in [9.17, 15) is 14.0 Å². The summed E-state index contributed by atoms with van der Waals surface area (Å²) in [6.45, 7) is 5.81. The Kier molecular flexibility index (Phi) is 6.37. The molecular weight excluding hydrogens is 465 g/mol. The molecule has 0 aliphatic carbocycles. The number of carbonyl (C=O) groups is 1. The highest BCUT2D eigenvalue weighted by Gasteiger charge is 2.16. The molecule has 1 amide bonds. The first-order valence-electron chi connectivity index (χ1n) is 11.2. The minimum Gasteiger partial charge on any atom is -0.378 e. The maximum Gasteiger partial charge on any atom is 0.262 e. The summed E-state index contributed by atoms with van der Waals surface area (Å²) in [5, 5.41) is 5.84. The molecule has 0 spiro atoms. The molecule has 0 atom stereocenters. The summed E-state index contributed by atoms with van der Waals surface area (Å²) < 4.78 is 20.1. The second-order valence-electron chi connectivity index (χ2n) is 8.01. The zero-order chi connectivity index (χ0) is 25.1. The highest BCUT2D eigenvalue weighted by molar-refractivity contribution is 5.99. The predicted molar refractivity (Wildman–Crippen MR) is 135 cm³/mol. The number of rotatable bonds is 6. The Morgan fingerprint density at radius 3 is 2.75 bits per heavy atom. The zero-order valence-electron chi connectivity index (χ0n) is 19.1. The molecule has 1 aliphatic heterocycles. The molecule has 0 bridgehead atoms. The van der Waals surface area contributed by atoms with Gasteiger partial charge in [-0.1, -0.05) is 18.7 Å². The Morgan fingerprint density at radius 1 is 1.14 bits per heavy atom. The molecule has 2 aromatic heterocycles. The molecule has 1 aliphatic rings. The standard InChI is InChI=1S/C25H22FN7O3/c1-2-21(34)28-16-5-3-4-15(12-16)22-30-23-18(24(35)31-22)14-27-25(32-23)29-17-6-7-20(19(26)13-17)33-8-10-36-11-9-33/h2-7,12-14H,1,8-11H2,(H,28,34)(H2,27,29,30,31,32,35). The maximum absolute atomic E-state index is 14.8. The third-order valence-electron chi connectivity index (χ3n) is 5.61. The largest absolute Gasteiger partial charge is 0.378 e. The number of nitrogens with one attached hydrogen (secondary N) is 3. The van der Waals surface area contributed by atoms with Gasteiger partial charge in [0.25, 0.3) is 5.56 Å². The molecule has 0 unspecified atom stereocenters. The van der Waals surface area contributed by atoms with E-state index >= 15 is 0 Å². The van der Waals surface area contributed by atoms with E-state index in [0.717, 1.165) is 6.08 Å². The summed E-state index contributed by atoms with van der Waals surface area (Å²) in [5.41, 5.74) is 1.81. The summed E-state index contributed by atoms with van der Waals surface area (Å²) in [6, 6.07) is 11.7. The van der Waals surface area contributed by atoms with Crippen molar-refractivity contribution in [1.29, 1.82) is 0 Å². The fraction of sp³-hybridized carbons (Fsp3) is 0.160. The topological polar surface area (TPSA) is 125 Å². The van der Waals surface area contributed by atoms with Crippen LogP contribution in [-0.2, 0) is 9.53 Å². The molecule has 4 aromatic rings. The molecule has 2 aromatic carbocycles. The van der Waals surface area contributed by atoms with E-state index in [2.05, 4.69) is 37.1 Å². The average Bonchev–Trinajstić information content (AvgIpc) is 2.89. The Bertz CT molecular complexity index is 1520. The van der Waals surface area contributed by atoms with Gasteiger partial charge in [-0.3, -0.25) is 9.59 Å². The Balaban J connectivity index is 1.42. The van der Waals surface area contributed by atoms with Crippen molar-refractivity contribution in [1.82, 2.24) is 19.9 Å². The molecule has 36 heavy (non-hydrogen) atoms. The number of morpholine rings is 1. The van der Waals surface area contributed by atoms with Gasteiger partial charge in [-0.05, 0) is 36.4 Å².